The van der Waals surface area contributed by atoms with Gasteiger partial charge in [0.2, 0.25) is 5.91 Å². The number of esters is 1. The average Bonchev–Trinajstić information content (AvgIpc) is 3.02. The van der Waals surface area contributed by atoms with Crippen molar-refractivity contribution in [1.82, 2.24) is 5.32 Å². The van der Waals surface area contributed by atoms with Gasteiger partial charge in [0.05, 0.1) is 0 Å². The minimum Gasteiger partial charge on any atom is -0.480 e. The molecule has 0 radical (unpaired) electrons. The van der Waals surface area contributed by atoms with E-state index >= 15 is 0 Å². The highest BCUT2D eigenvalue weighted by Crippen LogP contribution is 2.16. The van der Waals surface area contributed by atoms with Crippen LogP contribution in [0.4, 0.5) is 0 Å². The van der Waals surface area contributed by atoms with E-state index in [4.69, 9.17) is 10.5 Å². The normalized spacial score (nSPS) is 13.5. The predicted octanol–water partition coefficient (Wildman–Crippen LogP) is 9.05. The molecule has 0 aliphatic heterocycles. The zero-order valence-corrected chi connectivity index (χ0v) is 28.4. The number of amides is 1. The van der Waals surface area contributed by atoms with Gasteiger partial charge >= 0.3 is 11.9 Å². The van der Waals surface area contributed by atoms with Crippen LogP contribution in [0.15, 0.2) is 60.8 Å². The summed E-state index contributed by atoms with van der Waals surface area (Å²) < 4.78 is 5.81. The monoisotopic (exact) mass is 628 g/mol. The molecule has 0 spiro atoms. The topological polar surface area (TPSA) is 119 Å². The largest absolute Gasteiger partial charge is 0.480 e. The van der Waals surface area contributed by atoms with Crippen LogP contribution < -0.4 is 11.1 Å². The summed E-state index contributed by atoms with van der Waals surface area (Å²) in [5.74, 6) is -1.38. The molecule has 0 fully saturated rings. The smallest absolute Gasteiger partial charge is 0.326 e. The van der Waals surface area contributed by atoms with Crippen molar-refractivity contribution in [3.05, 3.63) is 60.8 Å². The molecule has 0 saturated carbocycles. The number of ether oxygens (including phenoxy) is 1. The first kappa shape index (κ1) is 42.1. The van der Waals surface area contributed by atoms with E-state index in [0.717, 1.165) is 96.3 Å². The lowest BCUT2D eigenvalue weighted by atomic mass is 10.0. The predicted molar refractivity (Wildman–Crippen MR) is 188 cm³/mol. The second kappa shape index (κ2) is 32.5. The van der Waals surface area contributed by atoms with Crippen molar-refractivity contribution in [2.75, 3.05) is 6.54 Å². The first-order chi connectivity index (χ1) is 21.9. The maximum Gasteiger partial charge on any atom is 0.326 e. The van der Waals surface area contributed by atoms with Gasteiger partial charge in [-0.15, -0.1) is 0 Å². The first-order valence-corrected chi connectivity index (χ1v) is 17.6. The van der Waals surface area contributed by atoms with E-state index in [9.17, 15) is 19.5 Å². The molecule has 0 bridgehead atoms. The molecule has 7 nitrogen and oxygen atoms in total. The van der Waals surface area contributed by atoms with Gasteiger partial charge in [-0.05, 0) is 96.4 Å². The SMILES string of the molecule is CC/C=C\C/C=C\C/C=C\C/C=C\C/C=C\CCCCCC(=O)OC(CCCC)CCCCCC(=O)NC(CCCN)C(=O)O. The molecule has 0 rings (SSSR count). The van der Waals surface area contributed by atoms with Gasteiger partial charge in [-0.25, -0.2) is 4.79 Å². The number of carbonyl (C=O) groups is 3. The minimum atomic E-state index is -1.03. The molecule has 0 aliphatic rings. The molecule has 1 amide bonds. The fourth-order valence-electron chi connectivity index (χ4n) is 4.70. The summed E-state index contributed by atoms with van der Waals surface area (Å²) in [6, 6.07) is -0.878. The highest BCUT2D eigenvalue weighted by Gasteiger charge is 2.19. The molecule has 0 aliphatic carbocycles. The standard InChI is InChI=1S/C38H64N2O5/c1-3-5-7-8-9-10-11-12-13-14-15-16-17-18-19-20-21-22-26-32-37(42)45-34(28-6-4-2)29-24-23-25-31-36(41)40-35(38(43)44)30-27-33-39/h5,7,9-10,12-13,15-16,18-19,34-35H,3-4,6,8,11,14,17,20-33,39H2,1-2H3,(H,40,41)(H,43,44)/b7-5-,10-9-,13-12-,16-15-,19-18-. The van der Waals surface area contributed by atoms with Crippen LogP contribution in [0.3, 0.4) is 0 Å². The zero-order valence-electron chi connectivity index (χ0n) is 28.4. The third-order valence-corrected chi connectivity index (χ3v) is 7.35. The third-order valence-electron chi connectivity index (χ3n) is 7.35. The summed E-state index contributed by atoms with van der Waals surface area (Å²) >= 11 is 0. The van der Waals surface area contributed by atoms with E-state index in [1.165, 1.54) is 0 Å². The van der Waals surface area contributed by atoms with Crippen LogP contribution in [0.2, 0.25) is 0 Å². The second-order valence-corrected chi connectivity index (χ2v) is 11.6. The van der Waals surface area contributed by atoms with E-state index < -0.39 is 12.0 Å². The summed E-state index contributed by atoms with van der Waals surface area (Å²) in [5, 5.41) is 11.8. The van der Waals surface area contributed by atoms with E-state index in [1.807, 2.05) is 0 Å². The minimum absolute atomic E-state index is 0.0692. The van der Waals surface area contributed by atoms with E-state index in [1.54, 1.807) is 0 Å². The molecule has 2 unspecified atom stereocenters. The van der Waals surface area contributed by atoms with Gasteiger partial charge < -0.3 is 20.9 Å². The third kappa shape index (κ3) is 29.5. The number of hydrogen-bond donors (Lipinski definition) is 3. The van der Waals surface area contributed by atoms with Crippen LogP contribution in [-0.2, 0) is 19.1 Å². The number of unbranched alkanes of at least 4 members (excludes halogenated alkanes) is 6. The Labute approximate surface area is 274 Å². The maximum atomic E-state index is 12.4. The second-order valence-electron chi connectivity index (χ2n) is 11.6. The Morgan fingerprint density at radius 3 is 1.80 bits per heavy atom. The van der Waals surface area contributed by atoms with Crippen molar-refractivity contribution in [2.24, 2.45) is 5.73 Å². The van der Waals surface area contributed by atoms with Crippen LogP contribution in [0.5, 0.6) is 0 Å². The molecule has 2 atom stereocenters. The lowest BCUT2D eigenvalue weighted by Gasteiger charge is -2.18. The number of allylic oxidation sites excluding steroid dienone is 10. The van der Waals surface area contributed by atoms with Gasteiger partial charge in [0, 0.05) is 12.8 Å². The van der Waals surface area contributed by atoms with Crippen LogP contribution in [-0.4, -0.2) is 41.6 Å². The molecular weight excluding hydrogens is 564 g/mol. The number of hydrogen-bond acceptors (Lipinski definition) is 5. The van der Waals surface area contributed by atoms with E-state index in [2.05, 4.69) is 79.9 Å². The van der Waals surface area contributed by atoms with Crippen molar-refractivity contribution < 1.29 is 24.2 Å². The van der Waals surface area contributed by atoms with Gasteiger partial charge in [-0.1, -0.05) is 100 Å². The number of nitrogens with one attached hydrogen (secondary N) is 1. The summed E-state index contributed by atoms with van der Waals surface area (Å²) in [7, 11) is 0. The quantitative estimate of drug-likeness (QED) is 0.0415. The molecule has 0 aromatic rings. The molecule has 7 heteroatoms. The number of carboxylic acid groups (broad SMARTS) is 1. The number of carbonyl (C=O) groups excluding carboxylic acids is 2. The van der Waals surface area contributed by atoms with Crippen LogP contribution in [0.1, 0.15) is 142 Å². The zero-order chi connectivity index (χ0) is 33.2. The molecule has 45 heavy (non-hydrogen) atoms. The average molecular weight is 629 g/mol. The molecule has 0 saturated heterocycles. The van der Waals surface area contributed by atoms with Crippen molar-refractivity contribution in [1.29, 1.82) is 0 Å². The number of carboxylic acids is 1. The molecular formula is C38H64N2O5. The van der Waals surface area contributed by atoms with Gasteiger partial charge in [0.25, 0.3) is 0 Å². The van der Waals surface area contributed by atoms with Crippen LogP contribution >= 0.6 is 0 Å². The van der Waals surface area contributed by atoms with Crippen molar-refractivity contribution in [3.63, 3.8) is 0 Å². The Kier molecular flexibility index (Phi) is 30.3. The fraction of sp³-hybridized carbons (Fsp3) is 0.658. The summed E-state index contributed by atoms with van der Waals surface area (Å²) in [5.41, 5.74) is 5.45. The lowest BCUT2D eigenvalue weighted by molar-refractivity contribution is -0.150. The molecule has 4 N–H and O–H groups in total. The lowest BCUT2D eigenvalue weighted by Crippen LogP contribution is -2.40. The fourth-order valence-corrected chi connectivity index (χ4v) is 4.70. The Hall–Kier alpha value is -2.93. The van der Waals surface area contributed by atoms with Gasteiger partial charge in [-0.3, -0.25) is 9.59 Å². The Morgan fingerprint density at radius 1 is 0.667 bits per heavy atom. The van der Waals surface area contributed by atoms with Crippen molar-refractivity contribution >= 4 is 17.8 Å². The van der Waals surface area contributed by atoms with Crippen molar-refractivity contribution in [2.45, 2.75) is 154 Å². The molecule has 0 heterocycles. The van der Waals surface area contributed by atoms with Crippen LogP contribution in [0.25, 0.3) is 0 Å². The van der Waals surface area contributed by atoms with Gasteiger partial charge in [0.15, 0.2) is 0 Å². The van der Waals surface area contributed by atoms with Gasteiger partial charge in [0.1, 0.15) is 12.1 Å². The molecule has 256 valence electrons. The van der Waals surface area contributed by atoms with Crippen LogP contribution in [0, 0.1) is 0 Å². The van der Waals surface area contributed by atoms with E-state index in [-0.39, 0.29) is 18.0 Å². The number of aliphatic carboxylic acids is 1. The molecule has 0 aromatic heterocycles. The Bertz CT molecular complexity index is 891. The first-order valence-electron chi connectivity index (χ1n) is 17.6. The summed E-state index contributed by atoms with van der Waals surface area (Å²) in [6.07, 6.45) is 38.8. The summed E-state index contributed by atoms with van der Waals surface area (Å²) in [4.78, 5) is 35.9. The molecule has 0 aromatic carbocycles. The Balaban J connectivity index is 4.00. The van der Waals surface area contributed by atoms with Gasteiger partial charge in [-0.2, -0.15) is 0 Å². The van der Waals surface area contributed by atoms with E-state index in [0.29, 0.717) is 38.6 Å². The number of nitrogens with two attached hydrogens (primary N) is 1. The highest BCUT2D eigenvalue weighted by atomic mass is 16.5. The number of rotatable bonds is 30. The van der Waals surface area contributed by atoms with Crippen molar-refractivity contribution in [3.8, 4) is 0 Å². The highest BCUT2D eigenvalue weighted by molar-refractivity contribution is 5.83. The Morgan fingerprint density at radius 2 is 1.22 bits per heavy atom. The summed E-state index contributed by atoms with van der Waals surface area (Å²) in [6.45, 7) is 4.68. The maximum absolute atomic E-state index is 12.4.